The van der Waals surface area contributed by atoms with Gasteiger partial charge in [-0.25, -0.2) is 9.97 Å². The van der Waals surface area contributed by atoms with Crippen LogP contribution in [0.2, 0.25) is 0 Å². The third-order valence-electron chi connectivity index (χ3n) is 1.66. The fourth-order valence-electron chi connectivity index (χ4n) is 0.970. The molecule has 7 nitrogen and oxygen atoms in total. The van der Waals surface area contributed by atoms with Gasteiger partial charge < -0.3 is 11.1 Å². The zero-order valence-corrected chi connectivity index (χ0v) is 7.64. The fourth-order valence-corrected chi connectivity index (χ4v) is 0.970. The molecule has 76 valence electrons. The molecule has 0 spiro atoms. The van der Waals surface area contributed by atoms with Crippen molar-refractivity contribution in [2.24, 2.45) is 0 Å². The van der Waals surface area contributed by atoms with Crippen LogP contribution in [0.25, 0.3) is 0 Å². The maximum atomic E-state index is 11.5. The second-order valence-corrected chi connectivity index (χ2v) is 2.77. The van der Waals surface area contributed by atoms with Gasteiger partial charge in [0, 0.05) is 6.20 Å². The summed E-state index contributed by atoms with van der Waals surface area (Å²) in [5.74, 6) is -0.0845. The Bertz CT molecular complexity index is 448. The van der Waals surface area contributed by atoms with E-state index in [0.29, 0.717) is 5.69 Å². The van der Waals surface area contributed by atoms with E-state index in [9.17, 15) is 4.79 Å². The number of nitrogens with one attached hydrogen (secondary N) is 2. The number of aromatic amines is 1. The molecule has 0 saturated carbocycles. The summed E-state index contributed by atoms with van der Waals surface area (Å²) in [7, 11) is 0. The Kier molecular flexibility index (Phi) is 2.28. The predicted molar refractivity (Wildman–Crippen MR) is 53.0 cm³/mol. The van der Waals surface area contributed by atoms with Gasteiger partial charge in [0.25, 0.3) is 5.91 Å². The highest BCUT2D eigenvalue weighted by Crippen LogP contribution is 2.04. The van der Waals surface area contributed by atoms with E-state index in [1.54, 1.807) is 6.20 Å². The summed E-state index contributed by atoms with van der Waals surface area (Å²) >= 11 is 0. The molecular formula is C8H8N6O. The summed E-state index contributed by atoms with van der Waals surface area (Å²) < 4.78 is 0. The molecule has 7 heteroatoms. The van der Waals surface area contributed by atoms with E-state index in [1.165, 1.54) is 18.6 Å². The standard InChI is InChI=1S/C8H8N6O/c9-7-4-10-6(3-11-7)8(15)14-5-1-12-13-2-5/h1-4H,(H2,9,11)(H,12,13)(H,14,15). The maximum absolute atomic E-state index is 11.5. The van der Waals surface area contributed by atoms with Crippen LogP contribution in [0.15, 0.2) is 24.8 Å². The van der Waals surface area contributed by atoms with Crippen molar-refractivity contribution in [3.8, 4) is 0 Å². The van der Waals surface area contributed by atoms with Crippen LogP contribution in [0.5, 0.6) is 0 Å². The van der Waals surface area contributed by atoms with Crippen LogP contribution in [0, 0.1) is 0 Å². The number of rotatable bonds is 2. The molecule has 0 unspecified atom stereocenters. The van der Waals surface area contributed by atoms with Gasteiger partial charge in [0.2, 0.25) is 0 Å². The van der Waals surface area contributed by atoms with E-state index in [2.05, 4.69) is 25.5 Å². The number of amides is 1. The van der Waals surface area contributed by atoms with Crippen LogP contribution in [-0.4, -0.2) is 26.1 Å². The van der Waals surface area contributed by atoms with Gasteiger partial charge in [-0.2, -0.15) is 5.10 Å². The Balaban J connectivity index is 2.11. The first-order valence-corrected chi connectivity index (χ1v) is 4.13. The van der Waals surface area contributed by atoms with Crippen LogP contribution in [-0.2, 0) is 0 Å². The Morgan fingerprint density at radius 3 is 2.80 bits per heavy atom. The van der Waals surface area contributed by atoms with Crippen molar-refractivity contribution >= 4 is 17.4 Å². The number of carbonyl (C=O) groups excluding carboxylic acids is 1. The molecule has 0 aliphatic heterocycles. The van der Waals surface area contributed by atoms with Crippen LogP contribution < -0.4 is 11.1 Å². The molecule has 0 bridgehead atoms. The first kappa shape index (κ1) is 9.13. The normalized spacial score (nSPS) is 9.87. The monoisotopic (exact) mass is 204 g/mol. The Morgan fingerprint density at radius 2 is 2.20 bits per heavy atom. The smallest absolute Gasteiger partial charge is 0.275 e. The fraction of sp³-hybridized carbons (Fsp3) is 0. The third-order valence-corrected chi connectivity index (χ3v) is 1.66. The van der Waals surface area contributed by atoms with Gasteiger partial charge in [-0.1, -0.05) is 0 Å². The number of aromatic nitrogens is 4. The van der Waals surface area contributed by atoms with E-state index < -0.39 is 0 Å². The lowest BCUT2D eigenvalue weighted by Gasteiger charge is -2.00. The van der Waals surface area contributed by atoms with Crippen molar-refractivity contribution < 1.29 is 4.79 Å². The van der Waals surface area contributed by atoms with Crippen molar-refractivity contribution in [1.29, 1.82) is 0 Å². The summed E-state index contributed by atoms with van der Waals surface area (Å²) in [6, 6.07) is 0. The summed E-state index contributed by atoms with van der Waals surface area (Å²) in [5.41, 5.74) is 6.11. The molecule has 0 atom stereocenters. The molecule has 0 fully saturated rings. The lowest BCUT2D eigenvalue weighted by atomic mass is 10.4. The first-order chi connectivity index (χ1) is 7.25. The molecule has 1 amide bonds. The van der Waals surface area contributed by atoms with Crippen LogP contribution in [0.4, 0.5) is 11.5 Å². The molecular weight excluding hydrogens is 196 g/mol. The lowest BCUT2D eigenvalue weighted by molar-refractivity contribution is 0.102. The van der Waals surface area contributed by atoms with Gasteiger partial charge in [-0.3, -0.25) is 9.89 Å². The number of anilines is 2. The molecule has 0 aromatic carbocycles. The van der Waals surface area contributed by atoms with Gasteiger partial charge in [0.1, 0.15) is 11.5 Å². The average molecular weight is 204 g/mol. The molecule has 0 aliphatic rings. The second kappa shape index (κ2) is 3.74. The van der Waals surface area contributed by atoms with Gasteiger partial charge >= 0.3 is 0 Å². The van der Waals surface area contributed by atoms with E-state index in [-0.39, 0.29) is 17.4 Å². The predicted octanol–water partition coefficient (Wildman–Crippen LogP) is 0.0342. The summed E-state index contributed by atoms with van der Waals surface area (Å²) in [6.07, 6.45) is 5.68. The van der Waals surface area contributed by atoms with E-state index >= 15 is 0 Å². The highest BCUT2D eigenvalue weighted by atomic mass is 16.1. The van der Waals surface area contributed by atoms with Crippen molar-refractivity contribution in [3.63, 3.8) is 0 Å². The molecule has 4 N–H and O–H groups in total. The number of hydrogen-bond donors (Lipinski definition) is 3. The van der Waals surface area contributed by atoms with Gasteiger partial charge in [-0.05, 0) is 0 Å². The zero-order chi connectivity index (χ0) is 10.7. The molecule has 2 heterocycles. The highest BCUT2D eigenvalue weighted by Gasteiger charge is 2.07. The Labute approximate surface area is 84.7 Å². The number of nitrogens with zero attached hydrogens (tertiary/aromatic N) is 3. The second-order valence-electron chi connectivity index (χ2n) is 2.77. The number of nitrogen functional groups attached to an aromatic ring is 1. The molecule has 2 aromatic heterocycles. The highest BCUT2D eigenvalue weighted by molar-refractivity contribution is 6.02. The maximum Gasteiger partial charge on any atom is 0.275 e. The van der Waals surface area contributed by atoms with Crippen molar-refractivity contribution in [1.82, 2.24) is 20.2 Å². The molecule has 0 radical (unpaired) electrons. The molecule has 0 aliphatic carbocycles. The van der Waals surface area contributed by atoms with Crippen molar-refractivity contribution in [2.45, 2.75) is 0 Å². The Morgan fingerprint density at radius 1 is 1.33 bits per heavy atom. The van der Waals surface area contributed by atoms with E-state index in [1.807, 2.05) is 0 Å². The summed E-state index contributed by atoms with van der Waals surface area (Å²) in [4.78, 5) is 19.1. The summed E-state index contributed by atoms with van der Waals surface area (Å²) in [6.45, 7) is 0. The first-order valence-electron chi connectivity index (χ1n) is 4.13. The number of H-pyrrole nitrogens is 1. The molecule has 2 rings (SSSR count). The quantitative estimate of drug-likeness (QED) is 0.639. The minimum absolute atomic E-state index is 0.199. The largest absolute Gasteiger partial charge is 0.382 e. The molecule has 15 heavy (non-hydrogen) atoms. The topological polar surface area (TPSA) is 110 Å². The van der Waals surface area contributed by atoms with Crippen molar-refractivity contribution in [3.05, 3.63) is 30.5 Å². The molecule has 2 aromatic rings. The minimum Gasteiger partial charge on any atom is -0.382 e. The van der Waals surface area contributed by atoms with Crippen LogP contribution in [0.3, 0.4) is 0 Å². The SMILES string of the molecule is Nc1cnc(C(=O)Nc2cn[nH]c2)cn1. The van der Waals surface area contributed by atoms with Gasteiger partial charge in [0.15, 0.2) is 0 Å². The van der Waals surface area contributed by atoms with E-state index in [4.69, 9.17) is 5.73 Å². The number of nitrogens with two attached hydrogens (primary N) is 1. The van der Waals surface area contributed by atoms with Crippen LogP contribution in [0.1, 0.15) is 10.5 Å². The van der Waals surface area contributed by atoms with Gasteiger partial charge in [0.05, 0.1) is 24.3 Å². The number of carbonyl (C=O) groups is 1. The minimum atomic E-state index is -0.357. The lowest BCUT2D eigenvalue weighted by Crippen LogP contribution is -2.13. The summed E-state index contributed by atoms with van der Waals surface area (Å²) in [5, 5.41) is 8.84. The Hall–Kier alpha value is -2.44. The molecule has 0 saturated heterocycles. The van der Waals surface area contributed by atoms with Crippen LogP contribution >= 0.6 is 0 Å². The van der Waals surface area contributed by atoms with Crippen molar-refractivity contribution in [2.75, 3.05) is 11.1 Å². The third kappa shape index (κ3) is 2.08. The number of hydrogen-bond acceptors (Lipinski definition) is 5. The van der Waals surface area contributed by atoms with Gasteiger partial charge in [-0.15, -0.1) is 0 Å². The zero-order valence-electron chi connectivity index (χ0n) is 7.64. The average Bonchev–Trinajstić information content (AvgIpc) is 2.71. The van der Waals surface area contributed by atoms with E-state index in [0.717, 1.165) is 0 Å².